The van der Waals surface area contributed by atoms with Crippen LogP contribution in [0.3, 0.4) is 0 Å². The molecule has 4 N–H and O–H groups in total. The molecular formula is C16H26N4O2+2. The highest BCUT2D eigenvalue weighted by atomic mass is 16.2. The number of carbonyl (C=O) groups is 2. The average Bonchev–Trinajstić information content (AvgIpc) is 2.44. The Hall–Kier alpha value is -1.92. The lowest BCUT2D eigenvalue weighted by atomic mass is 10.1. The minimum absolute atomic E-state index is 0.225. The number of anilines is 1. The second-order valence-corrected chi connectivity index (χ2v) is 6.20. The van der Waals surface area contributed by atoms with Crippen LogP contribution >= 0.6 is 0 Å². The van der Waals surface area contributed by atoms with Crippen molar-refractivity contribution in [1.29, 1.82) is 0 Å². The number of rotatable bonds is 3. The van der Waals surface area contributed by atoms with Crippen LogP contribution in [0.4, 0.5) is 10.5 Å². The van der Waals surface area contributed by atoms with Gasteiger partial charge < -0.3 is 15.1 Å². The van der Waals surface area contributed by atoms with Gasteiger partial charge in [-0.1, -0.05) is 17.7 Å². The van der Waals surface area contributed by atoms with Crippen LogP contribution in [0.1, 0.15) is 11.1 Å². The second-order valence-electron chi connectivity index (χ2n) is 6.20. The Morgan fingerprint density at radius 1 is 1.14 bits per heavy atom. The third kappa shape index (κ3) is 4.82. The van der Waals surface area contributed by atoms with E-state index in [0.717, 1.165) is 43.0 Å². The minimum atomic E-state index is -0.462. The fourth-order valence-electron chi connectivity index (χ4n) is 2.71. The molecule has 1 aliphatic heterocycles. The van der Waals surface area contributed by atoms with E-state index in [4.69, 9.17) is 0 Å². The summed E-state index contributed by atoms with van der Waals surface area (Å²) in [4.78, 5) is 26.6. The molecule has 120 valence electrons. The lowest BCUT2D eigenvalue weighted by molar-refractivity contribution is -1.000. The summed E-state index contributed by atoms with van der Waals surface area (Å²) in [5.74, 6) is -0.225. The molecule has 0 bridgehead atoms. The summed E-state index contributed by atoms with van der Waals surface area (Å²) >= 11 is 0. The molecule has 1 aromatic rings. The van der Waals surface area contributed by atoms with Gasteiger partial charge in [-0.25, -0.2) is 4.79 Å². The number of piperazine rings is 1. The number of hydrogen-bond donors (Lipinski definition) is 4. The number of benzene rings is 1. The summed E-state index contributed by atoms with van der Waals surface area (Å²) in [6.07, 6.45) is 0. The molecule has 0 saturated carbocycles. The third-order valence-corrected chi connectivity index (χ3v) is 4.10. The van der Waals surface area contributed by atoms with Crippen molar-refractivity contribution >= 4 is 17.6 Å². The Bertz CT molecular complexity index is 551. The summed E-state index contributed by atoms with van der Waals surface area (Å²) in [7, 11) is 2.16. The van der Waals surface area contributed by atoms with E-state index in [2.05, 4.69) is 17.7 Å². The molecular weight excluding hydrogens is 280 g/mol. The highest BCUT2D eigenvalue weighted by molar-refractivity contribution is 6.01. The van der Waals surface area contributed by atoms with Gasteiger partial charge in [-0.2, -0.15) is 0 Å². The van der Waals surface area contributed by atoms with Crippen molar-refractivity contribution in [3.8, 4) is 0 Å². The number of imide groups is 1. The quantitative estimate of drug-likeness (QED) is 0.541. The number of amides is 3. The number of carbonyl (C=O) groups excluding carboxylic acids is 2. The average molecular weight is 306 g/mol. The van der Waals surface area contributed by atoms with Gasteiger partial charge in [0.1, 0.15) is 26.2 Å². The number of likely N-dealkylation sites (N-methyl/N-ethyl adjacent to an activating group) is 1. The Morgan fingerprint density at radius 2 is 1.82 bits per heavy atom. The molecule has 0 radical (unpaired) electrons. The molecule has 2 rings (SSSR count). The zero-order valence-electron chi connectivity index (χ0n) is 13.6. The van der Waals surface area contributed by atoms with E-state index in [-0.39, 0.29) is 5.91 Å². The Morgan fingerprint density at radius 3 is 2.45 bits per heavy atom. The van der Waals surface area contributed by atoms with Crippen molar-refractivity contribution in [3.05, 3.63) is 29.3 Å². The van der Waals surface area contributed by atoms with Crippen molar-refractivity contribution in [1.82, 2.24) is 5.32 Å². The van der Waals surface area contributed by atoms with Crippen LogP contribution in [0, 0.1) is 13.8 Å². The number of nitrogens with one attached hydrogen (secondary N) is 4. The summed E-state index contributed by atoms with van der Waals surface area (Å²) < 4.78 is 0. The summed E-state index contributed by atoms with van der Waals surface area (Å²) in [5, 5.41) is 5.14. The fourth-order valence-corrected chi connectivity index (χ4v) is 2.71. The predicted molar refractivity (Wildman–Crippen MR) is 85.3 cm³/mol. The van der Waals surface area contributed by atoms with E-state index < -0.39 is 6.03 Å². The van der Waals surface area contributed by atoms with Crippen molar-refractivity contribution in [2.75, 3.05) is 45.1 Å². The number of hydrogen-bond acceptors (Lipinski definition) is 2. The van der Waals surface area contributed by atoms with Crippen molar-refractivity contribution in [3.63, 3.8) is 0 Å². The number of aryl methyl sites for hydroxylation is 2. The second kappa shape index (κ2) is 7.38. The smallest absolute Gasteiger partial charge is 0.326 e. The molecule has 0 aromatic heterocycles. The van der Waals surface area contributed by atoms with E-state index in [9.17, 15) is 9.59 Å². The largest absolute Gasteiger partial charge is 0.328 e. The molecule has 1 heterocycles. The molecule has 1 saturated heterocycles. The number of urea groups is 1. The molecule has 0 spiro atoms. The van der Waals surface area contributed by atoms with Crippen LogP contribution in [0.15, 0.2) is 18.2 Å². The normalized spacial score (nSPS) is 21.2. The minimum Gasteiger partial charge on any atom is -0.328 e. The molecule has 1 aliphatic rings. The maximum absolute atomic E-state index is 11.9. The first-order chi connectivity index (χ1) is 10.4. The van der Waals surface area contributed by atoms with Crippen LogP contribution in [-0.2, 0) is 4.79 Å². The molecule has 6 heteroatoms. The molecule has 6 nitrogen and oxygen atoms in total. The van der Waals surface area contributed by atoms with E-state index in [0.29, 0.717) is 6.54 Å². The monoisotopic (exact) mass is 306 g/mol. The molecule has 1 fully saturated rings. The van der Waals surface area contributed by atoms with Gasteiger partial charge in [0.2, 0.25) is 0 Å². The van der Waals surface area contributed by atoms with Gasteiger partial charge in [0.15, 0.2) is 6.54 Å². The molecule has 0 atom stereocenters. The van der Waals surface area contributed by atoms with E-state index in [1.165, 1.54) is 9.80 Å². The zero-order chi connectivity index (χ0) is 16.1. The summed E-state index contributed by atoms with van der Waals surface area (Å²) in [6, 6.07) is 5.31. The fraction of sp³-hybridized carbons (Fsp3) is 0.500. The van der Waals surface area contributed by atoms with Gasteiger partial charge in [0.25, 0.3) is 5.91 Å². The maximum Gasteiger partial charge on any atom is 0.326 e. The maximum atomic E-state index is 11.9. The SMILES string of the molecule is Cc1ccc(NC(=O)NC(=O)C[NH+]2CC[NH+](C)CC2)c(C)c1. The van der Waals surface area contributed by atoms with Crippen LogP contribution in [0.5, 0.6) is 0 Å². The molecule has 3 amide bonds. The third-order valence-electron chi connectivity index (χ3n) is 4.10. The van der Waals surface area contributed by atoms with Gasteiger partial charge in [0.05, 0.1) is 7.05 Å². The van der Waals surface area contributed by atoms with Crippen LogP contribution < -0.4 is 20.4 Å². The van der Waals surface area contributed by atoms with Gasteiger partial charge in [-0.15, -0.1) is 0 Å². The first-order valence-corrected chi connectivity index (χ1v) is 7.77. The summed E-state index contributed by atoms with van der Waals surface area (Å²) in [5.41, 5.74) is 2.85. The Labute approximate surface area is 131 Å². The molecule has 0 aliphatic carbocycles. The van der Waals surface area contributed by atoms with E-state index in [1.54, 1.807) is 0 Å². The van der Waals surface area contributed by atoms with E-state index >= 15 is 0 Å². The Balaban J connectivity index is 1.80. The van der Waals surface area contributed by atoms with E-state index in [1.807, 2.05) is 32.0 Å². The van der Waals surface area contributed by atoms with Crippen LogP contribution in [-0.4, -0.2) is 51.7 Å². The molecule has 0 unspecified atom stereocenters. The first kappa shape index (κ1) is 16.5. The Kier molecular flexibility index (Phi) is 5.51. The topological polar surface area (TPSA) is 67.1 Å². The lowest BCUT2D eigenvalue weighted by Crippen LogP contribution is -3.27. The van der Waals surface area contributed by atoms with Crippen molar-refractivity contribution in [2.24, 2.45) is 0 Å². The lowest BCUT2D eigenvalue weighted by Gasteiger charge is -2.26. The highest BCUT2D eigenvalue weighted by Gasteiger charge is 2.23. The van der Waals surface area contributed by atoms with Gasteiger partial charge >= 0.3 is 6.03 Å². The molecule has 1 aromatic carbocycles. The molecule has 22 heavy (non-hydrogen) atoms. The van der Waals surface area contributed by atoms with Crippen molar-refractivity contribution in [2.45, 2.75) is 13.8 Å². The van der Waals surface area contributed by atoms with Gasteiger partial charge in [-0.3, -0.25) is 10.1 Å². The van der Waals surface area contributed by atoms with Gasteiger partial charge in [-0.05, 0) is 25.5 Å². The summed E-state index contributed by atoms with van der Waals surface area (Å²) in [6.45, 7) is 8.36. The van der Waals surface area contributed by atoms with Crippen LogP contribution in [0.2, 0.25) is 0 Å². The van der Waals surface area contributed by atoms with Crippen molar-refractivity contribution < 1.29 is 19.4 Å². The first-order valence-electron chi connectivity index (χ1n) is 7.77. The predicted octanol–water partition coefficient (Wildman–Crippen LogP) is -1.64. The highest BCUT2D eigenvalue weighted by Crippen LogP contribution is 2.15. The standard InChI is InChI=1S/C16H24N4O2/c1-12-4-5-14(13(2)10-12)17-16(22)18-15(21)11-20-8-6-19(3)7-9-20/h4-5,10H,6-9,11H2,1-3H3,(H2,17,18,21,22)/p+2. The number of quaternary nitrogens is 2. The zero-order valence-corrected chi connectivity index (χ0v) is 13.6. The van der Waals surface area contributed by atoms with Gasteiger partial charge in [0, 0.05) is 5.69 Å². The van der Waals surface area contributed by atoms with Crippen LogP contribution in [0.25, 0.3) is 0 Å².